The molecule has 0 amide bonds. The Hall–Kier alpha value is -1.38. The first kappa shape index (κ1) is 10.8. The molecule has 3 nitrogen and oxygen atoms in total. The van der Waals surface area contributed by atoms with Gasteiger partial charge in [-0.25, -0.2) is 0 Å². The first-order chi connectivity index (χ1) is 12.3. The first-order valence-corrected chi connectivity index (χ1v) is 16.4. The van der Waals surface area contributed by atoms with E-state index in [9.17, 15) is 9.59 Å². The van der Waals surface area contributed by atoms with Crippen molar-refractivity contribution < 1.29 is 15.7 Å². The second kappa shape index (κ2) is 1.17. The molecule has 0 bridgehead atoms. The fourth-order valence-electron chi connectivity index (χ4n) is 18.7. The number of carbonyl (C=O) groups excluding carboxylic acids is 1. The Balaban J connectivity index is 1.37. The third kappa shape index (κ3) is 0.168. The zero-order valence-corrected chi connectivity index (χ0v) is 15.6. The Morgan fingerprint density at radius 3 is 2.12 bits per heavy atom. The molecule has 4 unspecified atom stereocenters. The normalized spacial score (nSPS) is 82.0. The molecule has 10 fully saturated rings. The van der Waals surface area contributed by atoms with Crippen molar-refractivity contribution in [3.8, 4) is 0 Å². The van der Waals surface area contributed by atoms with Crippen molar-refractivity contribution in [1.82, 2.24) is 0 Å². The molecular formula is C22H18FeO3. The van der Waals surface area contributed by atoms with Gasteiger partial charge in [-0.05, 0) is 0 Å². The molecule has 0 N–H and O–H groups in total. The van der Waals surface area contributed by atoms with E-state index in [-0.39, 0.29) is 11.2 Å². The molecular weight excluding hydrogens is 368 g/mol. The number of hydrogen-bond acceptors (Lipinski definition) is 3. The van der Waals surface area contributed by atoms with Gasteiger partial charge in [-0.2, -0.15) is 0 Å². The van der Waals surface area contributed by atoms with Gasteiger partial charge in [-0.3, -0.25) is 0 Å². The van der Waals surface area contributed by atoms with Crippen molar-refractivity contribution in [2.75, 3.05) is 0 Å². The van der Waals surface area contributed by atoms with Gasteiger partial charge in [0.2, 0.25) is 0 Å². The molecule has 1 spiro atoms. The third-order valence-electron chi connectivity index (χ3n) is 17.4. The van der Waals surface area contributed by atoms with Crippen molar-refractivity contribution in [3.63, 3.8) is 0 Å². The fourth-order valence-corrected chi connectivity index (χ4v) is 92.5. The van der Waals surface area contributed by atoms with Crippen LogP contribution in [-0.4, -0.2) is 5.78 Å². The van der Waals surface area contributed by atoms with E-state index in [1.165, 1.54) is 0 Å². The molecule has 4 heteroatoms. The molecule has 1 aromatic heterocycles. The molecule has 4 atom stereocenters. The van der Waals surface area contributed by atoms with Gasteiger partial charge < -0.3 is 0 Å². The van der Waals surface area contributed by atoms with Gasteiger partial charge in [0.1, 0.15) is 0 Å². The van der Waals surface area contributed by atoms with E-state index in [4.69, 9.17) is 4.42 Å². The van der Waals surface area contributed by atoms with Gasteiger partial charge in [0, 0.05) is 0 Å². The van der Waals surface area contributed by atoms with Gasteiger partial charge in [-0.15, -0.1) is 0 Å². The van der Waals surface area contributed by atoms with E-state index in [1.54, 1.807) is 6.92 Å². The second-order valence-corrected chi connectivity index (χ2v) is 36.9. The van der Waals surface area contributed by atoms with Crippen LogP contribution >= 0.6 is 0 Å². The molecule has 12 rings (SSSR count). The van der Waals surface area contributed by atoms with Crippen molar-refractivity contribution in [3.05, 3.63) is 45.3 Å². The van der Waals surface area contributed by atoms with Gasteiger partial charge in [-0.1, -0.05) is 0 Å². The second-order valence-electron chi connectivity index (χ2n) is 13.4. The number of fused-ring (bicyclic) bond motifs is 11. The minimum atomic E-state index is -3.48. The molecule has 0 radical (unpaired) electrons. The number of carbonyl (C=O) groups is 1. The van der Waals surface area contributed by atoms with Gasteiger partial charge in [0.25, 0.3) is 0 Å². The van der Waals surface area contributed by atoms with E-state index in [0.717, 1.165) is 60.3 Å². The van der Waals surface area contributed by atoms with Crippen LogP contribution < -0.4 is 5.43 Å². The Kier molecular flexibility index (Phi) is 0.487. The van der Waals surface area contributed by atoms with E-state index < -0.39 is 6.51 Å². The average molecular weight is 386 g/mol. The molecule has 10 aliphatic heterocycles. The summed E-state index contributed by atoms with van der Waals surface area (Å²) in [6.45, 7) is 0.144. The maximum atomic E-state index is 13.4. The van der Waals surface area contributed by atoms with Crippen LogP contribution in [-0.2, 0) is 10.8 Å². The molecule has 2 aromatic rings. The van der Waals surface area contributed by atoms with Crippen LogP contribution in [0.1, 0.15) is 28.6 Å². The van der Waals surface area contributed by atoms with Gasteiger partial charge in [0.05, 0.1) is 0 Å². The van der Waals surface area contributed by atoms with E-state index in [1.807, 2.05) is 25.1 Å². The number of benzene rings is 1. The first-order valence-electron chi connectivity index (χ1n) is 10.1. The number of Topliss-reactive ketones (excluding diaryl/α,β-unsaturated/α-hetero) is 1. The van der Waals surface area contributed by atoms with Crippen LogP contribution in [0.25, 0.3) is 11.0 Å². The predicted octanol–water partition coefficient (Wildman–Crippen LogP) is 5.10. The Morgan fingerprint density at radius 2 is 1.65 bits per heavy atom. The number of hydrogen-bond donors (Lipinski definition) is 0. The summed E-state index contributed by atoms with van der Waals surface area (Å²) in [7, 11) is 0. The van der Waals surface area contributed by atoms with E-state index >= 15 is 0 Å². The van der Waals surface area contributed by atoms with Crippen molar-refractivity contribution in [2.24, 2.45) is 0 Å². The topological polar surface area (TPSA) is 47.3 Å². The van der Waals surface area contributed by atoms with Crippen LogP contribution in [0.15, 0.2) is 27.4 Å². The van der Waals surface area contributed by atoms with Crippen LogP contribution in [0.2, 0.25) is 43.3 Å². The standard InChI is InChI=1S/C17H13O3.C5H5.Fe/c1-10-7-8-13-14(9-10)20-17(12-5-3-4-6-12)15(11(2)18)16(13)19;1-2-4-5-3-1;/h3-9H,1-2H3;1-5H;. The third-order valence-corrected chi connectivity index (χ3v) is 59.7. The van der Waals surface area contributed by atoms with Crippen LogP contribution in [0.3, 0.4) is 0 Å². The van der Waals surface area contributed by atoms with Crippen molar-refractivity contribution in [1.29, 1.82) is 0 Å². The summed E-state index contributed by atoms with van der Waals surface area (Å²) in [5, 5.41) is 0.594. The number of ketones is 1. The molecule has 0 saturated carbocycles. The Labute approximate surface area is 139 Å². The molecule has 26 heavy (non-hydrogen) atoms. The van der Waals surface area contributed by atoms with Crippen molar-refractivity contribution in [2.45, 2.75) is 61.5 Å². The predicted molar refractivity (Wildman–Crippen MR) is 92.7 cm³/mol. The number of aryl methyl sites for hydroxylation is 1. The van der Waals surface area contributed by atoms with E-state index in [0.29, 0.717) is 15.3 Å². The van der Waals surface area contributed by atoms with E-state index in [2.05, 4.69) is 0 Å². The summed E-state index contributed by atoms with van der Waals surface area (Å²) >= 11 is 0. The van der Waals surface area contributed by atoms with Crippen molar-refractivity contribution >= 4 is 16.8 Å². The molecule has 10 aliphatic rings. The summed E-state index contributed by atoms with van der Waals surface area (Å²) in [6.07, 6.45) is 0. The van der Waals surface area contributed by atoms with Gasteiger partial charge >= 0.3 is 139 Å². The summed E-state index contributed by atoms with van der Waals surface area (Å²) in [6, 6.07) is 5.81. The quantitative estimate of drug-likeness (QED) is 0.533. The Bertz CT molecular complexity index is 1660. The number of rotatable bonds is 2. The summed E-state index contributed by atoms with van der Waals surface area (Å²) in [4.78, 5) is 36.1. The molecule has 10 saturated heterocycles. The summed E-state index contributed by atoms with van der Waals surface area (Å²) < 4.78 is 6.96. The SMILES string of the molecule is CC(=O)c1c([C]23[CH]4[CH]5[CH]6[CH]2[Fe]56432789[CH]3[CH]2[CH]7[CH]8[CH]39)oc2cc(C)ccc2c1=O. The van der Waals surface area contributed by atoms with Crippen LogP contribution in [0.5, 0.6) is 0 Å². The summed E-state index contributed by atoms with van der Waals surface area (Å²) in [5.74, 6) is 0.881. The summed E-state index contributed by atoms with van der Waals surface area (Å²) in [5.41, 5.74) is 2.25. The fraction of sp³-hybridized carbons (Fsp3) is 0.545. The zero-order chi connectivity index (χ0) is 16.9. The molecule has 0 aliphatic carbocycles. The molecule has 11 heterocycles. The molecule has 132 valence electrons. The van der Waals surface area contributed by atoms with Gasteiger partial charge in [0.15, 0.2) is 0 Å². The monoisotopic (exact) mass is 386 g/mol. The van der Waals surface area contributed by atoms with Crippen LogP contribution in [0, 0.1) is 6.92 Å². The average Bonchev–Trinajstić information content (AvgIpc) is 3.53. The Morgan fingerprint density at radius 1 is 1.04 bits per heavy atom. The van der Waals surface area contributed by atoms with Crippen LogP contribution in [0.4, 0.5) is 0 Å². The molecule has 1 aromatic carbocycles. The minimum absolute atomic E-state index is 0.0512. The maximum absolute atomic E-state index is 13.4. The zero-order valence-electron chi connectivity index (χ0n) is 14.5.